The fourth-order valence-electron chi connectivity index (χ4n) is 14.1. The smallest absolute Gasteiger partial charge is 0.462 e. The number of carbonyl (C=O) groups excluding carboxylic acids is 4. The van der Waals surface area contributed by atoms with E-state index in [1.807, 2.05) is 0 Å². The van der Waals surface area contributed by atoms with Gasteiger partial charge in [0, 0.05) is 25.7 Å². The zero-order valence-electron chi connectivity index (χ0n) is 70.8. The Morgan fingerprint density at radius 3 is 0.546 bits per heavy atom. The largest absolute Gasteiger partial charge is 0.472 e. The summed E-state index contributed by atoms with van der Waals surface area (Å²) in [7, 11) is -9.93. The fraction of sp³-hybridized carbons (Fsp3) is 0.955. The molecular formula is C89H174O17P2. The summed E-state index contributed by atoms with van der Waals surface area (Å²) in [4.78, 5) is 73.4. The number of phosphoric ester groups is 2. The molecule has 0 aromatic rings. The van der Waals surface area contributed by atoms with Gasteiger partial charge in [0.05, 0.1) is 26.4 Å². The Bertz CT molecular complexity index is 2030. The van der Waals surface area contributed by atoms with Crippen LogP contribution in [0.4, 0.5) is 0 Å². The predicted octanol–water partition coefficient (Wildman–Crippen LogP) is 27.7. The van der Waals surface area contributed by atoms with Crippen molar-refractivity contribution >= 4 is 39.5 Å². The summed E-state index contributed by atoms with van der Waals surface area (Å²) >= 11 is 0. The van der Waals surface area contributed by atoms with E-state index in [4.69, 9.17) is 37.0 Å². The van der Waals surface area contributed by atoms with E-state index in [2.05, 4.69) is 27.7 Å². The second-order valence-electron chi connectivity index (χ2n) is 32.0. The molecule has 17 nitrogen and oxygen atoms in total. The van der Waals surface area contributed by atoms with Crippen molar-refractivity contribution in [2.75, 3.05) is 39.6 Å². The summed E-state index contributed by atoms with van der Waals surface area (Å²) in [6.45, 7) is 5.08. The van der Waals surface area contributed by atoms with Crippen LogP contribution < -0.4 is 0 Å². The Balaban J connectivity index is 5.23. The summed E-state index contributed by atoms with van der Waals surface area (Å²) in [5.41, 5.74) is 0. The highest BCUT2D eigenvalue weighted by Gasteiger charge is 2.30. The number of unbranched alkanes of at least 4 members (excludes halogenated alkanes) is 64. The van der Waals surface area contributed by atoms with Crippen LogP contribution in [0.15, 0.2) is 0 Å². The van der Waals surface area contributed by atoms with Crippen LogP contribution in [0.1, 0.15) is 490 Å². The van der Waals surface area contributed by atoms with Gasteiger partial charge in [-0.05, 0) is 25.7 Å². The standard InChI is InChI=1S/C89H174O17P2/c1-5-9-13-17-21-25-29-33-36-39-40-41-42-43-46-49-52-56-60-64-68-72-76-89(94)106-85(80-100-87(92)74-70-66-62-58-54-50-47-44-37-34-30-26-22-18-14-10-6-2)82-104-108(97,98)102-78-83(90)77-101-107(95,96)103-81-84(79-99-86(91)73-69-65-61-57-53-32-28-24-20-16-12-8-4)105-88(93)75-71-67-63-59-55-51-48-45-38-35-31-27-23-19-15-11-7-3/h83-85,90H,5-82H2,1-4H3,(H,95,96)(H,97,98)/t83-,84+,85+/m0/s1. The number of hydrogen-bond donors (Lipinski definition) is 3. The van der Waals surface area contributed by atoms with Gasteiger partial charge in [0.15, 0.2) is 12.2 Å². The van der Waals surface area contributed by atoms with Gasteiger partial charge >= 0.3 is 39.5 Å². The number of carbonyl (C=O) groups is 4. The van der Waals surface area contributed by atoms with Gasteiger partial charge in [-0.3, -0.25) is 37.3 Å². The lowest BCUT2D eigenvalue weighted by Crippen LogP contribution is -2.30. The highest BCUT2D eigenvalue weighted by Crippen LogP contribution is 2.45. The third-order valence-corrected chi connectivity index (χ3v) is 23.0. The molecule has 5 atom stereocenters. The Morgan fingerprint density at radius 2 is 0.370 bits per heavy atom. The van der Waals surface area contributed by atoms with Gasteiger partial charge in [-0.2, -0.15) is 0 Å². The van der Waals surface area contributed by atoms with Crippen molar-refractivity contribution in [1.82, 2.24) is 0 Å². The number of phosphoric acid groups is 2. The first-order valence-electron chi connectivity index (χ1n) is 46.3. The van der Waals surface area contributed by atoms with Crippen LogP contribution >= 0.6 is 15.6 Å². The normalized spacial score (nSPS) is 13.7. The van der Waals surface area contributed by atoms with Gasteiger partial charge in [-0.25, -0.2) is 9.13 Å². The average Bonchev–Trinajstić information content (AvgIpc) is 0.901. The van der Waals surface area contributed by atoms with Crippen molar-refractivity contribution in [3.05, 3.63) is 0 Å². The molecule has 0 amide bonds. The molecule has 0 aromatic heterocycles. The van der Waals surface area contributed by atoms with Crippen LogP contribution in [0, 0.1) is 0 Å². The van der Waals surface area contributed by atoms with Gasteiger partial charge in [-0.1, -0.05) is 439 Å². The van der Waals surface area contributed by atoms with Crippen LogP contribution in [0.5, 0.6) is 0 Å². The molecule has 0 aliphatic heterocycles. The van der Waals surface area contributed by atoms with E-state index >= 15 is 0 Å². The van der Waals surface area contributed by atoms with Gasteiger partial charge in [0.1, 0.15) is 19.3 Å². The molecule has 642 valence electrons. The molecule has 0 bridgehead atoms. The lowest BCUT2D eigenvalue weighted by atomic mass is 10.0. The van der Waals surface area contributed by atoms with Crippen molar-refractivity contribution in [2.24, 2.45) is 0 Å². The van der Waals surface area contributed by atoms with Crippen molar-refractivity contribution in [2.45, 2.75) is 508 Å². The first-order valence-corrected chi connectivity index (χ1v) is 49.3. The van der Waals surface area contributed by atoms with E-state index in [-0.39, 0.29) is 25.7 Å². The third-order valence-electron chi connectivity index (χ3n) is 21.1. The maximum Gasteiger partial charge on any atom is 0.472 e. The minimum Gasteiger partial charge on any atom is -0.462 e. The molecule has 0 aliphatic carbocycles. The lowest BCUT2D eigenvalue weighted by molar-refractivity contribution is -0.161. The summed E-state index contributed by atoms with van der Waals surface area (Å²) in [5.74, 6) is -2.09. The number of esters is 4. The van der Waals surface area contributed by atoms with Gasteiger partial charge in [0.25, 0.3) is 0 Å². The second kappa shape index (κ2) is 83.0. The molecule has 0 aromatic carbocycles. The number of ether oxygens (including phenoxy) is 4. The minimum atomic E-state index is -4.97. The fourth-order valence-corrected chi connectivity index (χ4v) is 15.6. The Morgan fingerprint density at radius 1 is 0.222 bits per heavy atom. The van der Waals surface area contributed by atoms with Crippen LogP contribution in [0.3, 0.4) is 0 Å². The molecule has 108 heavy (non-hydrogen) atoms. The predicted molar refractivity (Wildman–Crippen MR) is 446 cm³/mol. The summed E-state index contributed by atoms with van der Waals surface area (Å²) in [6.07, 6.45) is 79.2. The molecule has 3 N–H and O–H groups in total. The van der Waals surface area contributed by atoms with E-state index in [9.17, 15) is 43.2 Å². The summed E-state index contributed by atoms with van der Waals surface area (Å²) < 4.78 is 69.0. The average molecular weight is 1580 g/mol. The first kappa shape index (κ1) is 106. The van der Waals surface area contributed by atoms with E-state index in [0.29, 0.717) is 25.7 Å². The molecule has 0 spiro atoms. The molecule has 0 rings (SSSR count). The Hall–Kier alpha value is -1.94. The maximum atomic E-state index is 13.2. The monoisotopic (exact) mass is 1580 g/mol. The molecule has 2 unspecified atom stereocenters. The Kier molecular flexibility index (Phi) is 81.5. The van der Waals surface area contributed by atoms with Crippen molar-refractivity contribution in [3.8, 4) is 0 Å². The molecule has 19 heteroatoms. The first-order chi connectivity index (χ1) is 52.7. The highest BCUT2D eigenvalue weighted by molar-refractivity contribution is 7.47. The molecule has 0 saturated heterocycles. The number of rotatable bonds is 90. The van der Waals surface area contributed by atoms with Crippen LogP contribution in [0.2, 0.25) is 0 Å². The van der Waals surface area contributed by atoms with E-state index in [1.54, 1.807) is 0 Å². The highest BCUT2D eigenvalue weighted by atomic mass is 31.2. The van der Waals surface area contributed by atoms with Crippen LogP contribution in [0.25, 0.3) is 0 Å². The van der Waals surface area contributed by atoms with Gasteiger partial charge in [0.2, 0.25) is 0 Å². The SMILES string of the molecule is CCCCCCCCCCCCCCCCCCCCCCCCC(=O)O[C@H](COC(=O)CCCCCCCCCCCCCCCCCCC)COP(=O)(O)OC[C@@H](O)COP(=O)(O)OC[C@@H](COC(=O)CCCCCCCCCCCCCC)OC(=O)CCCCCCCCCCCCCCCCCCC. The maximum absolute atomic E-state index is 13.2. The van der Waals surface area contributed by atoms with Crippen LogP contribution in [-0.2, 0) is 65.4 Å². The molecule has 0 radical (unpaired) electrons. The molecule has 0 heterocycles. The van der Waals surface area contributed by atoms with E-state index in [1.165, 1.54) is 321 Å². The molecule has 0 saturated carbocycles. The minimum absolute atomic E-state index is 0.110. The molecular weight excluding hydrogens is 1400 g/mol. The molecule has 0 fully saturated rings. The van der Waals surface area contributed by atoms with E-state index < -0.39 is 97.5 Å². The molecule has 0 aliphatic rings. The quantitative estimate of drug-likeness (QED) is 0.0222. The number of hydrogen-bond acceptors (Lipinski definition) is 15. The second-order valence-corrected chi connectivity index (χ2v) is 34.9. The number of aliphatic hydroxyl groups excluding tert-OH is 1. The summed E-state index contributed by atoms with van der Waals surface area (Å²) in [5, 5.41) is 10.7. The van der Waals surface area contributed by atoms with Gasteiger partial charge < -0.3 is 33.8 Å². The topological polar surface area (TPSA) is 237 Å². The van der Waals surface area contributed by atoms with E-state index in [0.717, 1.165) is 89.9 Å². The van der Waals surface area contributed by atoms with Crippen LogP contribution in [-0.4, -0.2) is 96.7 Å². The van der Waals surface area contributed by atoms with Gasteiger partial charge in [-0.15, -0.1) is 0 Å². The zero-order valence-corrected chi connectivity index (χ0v) is 72.6. The van der Waals surface area contributed by atoms with Crippen molar-refractivity contribution < 1.29 is 80.2 Å². The number of aliphatic hydroxyl groups is 1. The van der Waals surface area contributed by atoms with Crippen molar-refractivity contribution in [1.29, 1.82) is 0 Å². The Labute approximate surface area is 664 Å². The third kappa shape index (κ3) is 82.1. The zero-order chi connectivity index (χ0) is 78.9. The van der Waals surface area contributed by atoms with Crippen molar-refractivity contribution in [3.63, 3.8) is 0 Å². The lowest BCUT2D eigenvalue weighted by Gasteiger charge is -2.21. The summed E-state index contributed by atoms with van der Waals surface area (Å²) in [6, 6.07) is 0.